The molecule has 0 radical (unpaired) electrons. The molecule has 0 bridgehead atoms. The Bertz CT molecular complexity index is 821. The third-order valence-electron chi connectivity index (χ3n) is 1.84. The fraction of sp³-hybridized carbons (Fsp3) is 0.400. The van der Waals surface area contributed by atoms with Gasteiger partial charge in [-0.15, -0.1) is 0 Å². The maximum atomic E-state index is 10.4. The largest absolute Gasteiger partial charge is 1.00 e. The number of hydrogen-bond donors (Lipinski definition) is 5. The number of aromatic nitrogens is 4. The molecule has 0 spiro atoms. The number of halogens is 1. The van der Waals surface area contributed by atoms with Crippen LogP contribution in [0.5, 0.6) is 0 Å². The molecule has 0 aromatic carbocycles. The van der Waals surface area contributed by atoms with Gasteiger partial charge in [0.15, 0.2) is 16.2 Å². The molecule has 0 fully saturated rings. The molecule has 0 aliphatic rings. The van der Waals surface area contributed by atoms with Crippen molar-refractivity contribution in [1.82, 2.24) is 20.4 Å². The normalized spacial score (nSPS) is 11.1. The van der Waals surface area contributed by atoms with Crippen molar-refractivity contribution in [3.8, 4) is 0 Å². The second-order valence-corrected chi connectivity index (χ2v) is 10.8. The van der Waals surface area contributed by atoms with Crippen molar-refractivity contribution in [2.45, 2.75) is 28.3 Å². The van der Waals surface area contributed by atoms with Gasteiger partial charge in [0, 0.05) is 0 Å². The summed E-state index contributed by atoms with van der Waals surface area (Å²) in [5.41, 5.74) is 0. The van der Waals surface area contributed by atoms with Crippen LogP contribution in [-0.2, 0) is 9.59 Å². The molecule has 17 heteroatoms. The van der Waals surface area contributed by atoms with Crippen molar-refractivity contribution in [2.24, 2.45) is 0 Å². The third-order valence-corrected chi connectivity index (χ3v) is 5.78. The van der Waals surface area contributed by atoms with Gasteiger partial charge in [-0.3, -0.25) is 24.9 Å². The van der Waals surface area contributed by atoms with Gasteiger partial charge in [-0.1, -0.05) is 50.4 Å². The van der Waals surface area contributed by atoms with Crippen LogP contribution in [0.1, 0.15) is 13.8 Å². The molecule has 2 aromatic heterocycles. The van der Waals surface area contributed by atoms with Gasteiger partial charge in [0.1, 0.15) is 10.1 Å². The second-order valence-electron chi connectivity index (χ2n) is 3.86. The van der Waals surface area contributed by atoms with Crippen molar-refractivity contribution in [3.63, 3.8) is 0 Å². The summed E-state index contributed by atoms with van der Waals surface area (Å²) >= 11 is 20.9. The predicted molar refractivity (Wildman–Crippen MR) is 113 cm³/mol. The minimum absolute atomic E-state index is 0. The number of hydrogen-bond acceptors (Lipinski definition) is 10. The van der Waals surface area contributed by atoms with Crippen LogP contribution >= 0.6 is 87.0 Å². The number of alkyl halides is 1. The number of rotatable bonds is 4. The minimum atomic E-state index is -0.846. The summed E-state index contributed by atoms with van der Waals surface area (Å²) in [6.45, 7) is 3.17. The number of H-pyrrole nitrogens is 3. The summed E-state index contributed by atoms with van der Waals surface area (Å²) in [5.74, 6) is -1.67. The summed E-state index contributed by atoms with van der Waals surface area (Å²) in [6.07, 6.45) is 0. The first-order valence-corrected chi connectivity index (χ1v) is 10.8. The number of aromatic amines is 3. The van der Waals surface area contributed by atoms with Gasteiger partial charge in [0.2, 0.25) is 0 Å². The van der Waals surface area contributed by atoms with Crippen LogP contribution in [0, 0.1) is 11.9 Å². The molecule has 6 N–H and O–H groups in total. The summed E-state index contributed by atoms with van der Waals surface area (Å²) in [6, 6.07) is 0. The van der Waals surface area contributed by atoms with E-state index in [2.05, 4.69) is 36.3 Å². The smallest absolute Gasteiger partial charge is 0.870 e. The summed E-state index contributed by atoms with van der Waals surface area (Å²) in [5, 5.41) is 27.8. The zero-order chi connectivity index (χ0) is 19.6. The number of aliphatic carboxylic acids is 2. The van der Waals surface area contributed by atoms with Gasteiger partial charge in [0.05, 0.1) is 0 Å². The molecule has 2 rings (SSSR count). The number of nitrogens with one attached hydrogen (secondary N) is 3. The monoisotopic (exact) mass is 564 g/mol. The number of carboxylic acid groups (broad SMARTS) is 2. The van der Waals surface area contributed by atoms with E-state index in [1.165, 1.54) is 34.4 Å². The summed E-state index contributed by atoms with van der Waals surface area (Å²) in [7, 11) is 0. The Kier molecular flexibility index (Phi) is 20.7. The van der Waals surface area contributed by atoms with Crippen LogP contribution in [-0.4, -0.2) is 58.1 Å². The average molecular weight is 566 g/mol. The molecule has 2 unspecified atom stereocenters. The molecule has 9 nitrogen and oxygen atoms in total. The Balaban J connectivity index is -0.000000333. The molecular formula is C10H14BrN4NaO5S6. The second kappa shape index (κ2) is 17.4. The van der Waals surface area contributed by atoms with Crippen LogP contribution < -0.4 is 29.6 Å². The van der Waals surface area contributed by atoms with E-state index >= 15 is 0 Å². The molecule has 148 valence electrons. The van der Waals surface area contributed by atoms with Crippen molar-refractivity contribution in [1.29, 1.82) is 0 Å². The minimum Gasteiger partial charge on any atom is -0.870 e. The molecule has 0 saturated carbocycles. The van der Waals surface area contributed by atoms with Gasteiger partial charge in [-0.25, -0.2) is 0 Å². The summed E-state index contributed by atoms with van der Waals surface area (Å²) < 4.78 is 2.62. The first kappa shape index (κ1) is 32.2. The number of carbonyl (C=O) groups is 2. The number of thioether (sulfide) groups is 1. The molecule has 0 aliphatic heterocycles. The SMILES string of the molecule is CC(Br)C(=O)O.CC(Sc1n[nH]c(=S)s1)C(=O)O.S=c1[nH][nH]c(=S)s1.[Na+].[OH-]. The average Bonchev–Trinajstić information content (AvgIpc) is 3.08. The van der Waals surface area contributed by atoms with E-state index in [4.69, 9.17) is 46.9 Å². The molecule has 2 heterocycles. The maximum Gasteiger partial charge on any atom is 1.00 e. The standard InChI is InChI=1S/C5H6N2O2S3.C3H5BrO2.C2H2N2S3.Na.H2O/c1-2(3(8)9)11-5-7-6-4(10)12-5;1-2(4)3(5)6;5-1-3-4-2(6)7-1;;/h2H,1H3,(H,6,10)(H,8,9);2H,1H3,(H,5,6);(H,3,5)(H,4,6);;1H2/q;;;+1;/p-1. The van der Waals surface area contributed by atoms with Gasteiger partial charge in [-0.2, -0.15) is 5.10 Å². The van der Waals surface area contributed by atoms with Crippen LogP contribution in [0.4, 0.5) is 0 Å². The summed E-state index contributed by atoms with van der Waals surface area (Å²) in [4.78, 5) is 19.7. The van der Waals surface area contributed by atoms with E-state index in [9.17, 15) is 9.59 Å². The van der Waals surface area contributed by atoms with E-state index in [0.29, 0.717) is 16.2 Å². The van der Waals surface area contributed by atoms with Crippen LogP contribution in [0.2, 0.25) is 0 Å². The van der Waals surface area contributed by atoms with Crippen LogP contribution in [0.3, 0.4) is 0 Å². The van der Waals surface area contributed by atoms with Gasteiger partial charge >= 0.3 is 41.5 Å². The Morgan fingerprint density at radius 3 is 1.74 bits per heavy atom. The Morgan fingerprint density at radius 2 is 1.52 bits per heavy atom. The molecule has 0 aliphatic carbocycles. The number of carboxylic acids is 2. The molecule has 27 heavy (non-hydrogen) atoms. The fourth-order valence-corrected chi connectivity index (χ4v) is 4.00. The van der Waals surface area contributed by atoms with E-state index in [1.54, 1.807) is 13.8 Å². The van der Waals surface area contributed by atoms with E-state index in [1.807, 2.05) is 0 Å². The van der Waals surface area contributed by atoms with Gasteiger partial charge in [0.25, 0.3) is 0 Å². The van der Waals surface area contributed by atoms with Crippen molar-refractivity contribution in [2.75, 3.05) is 0 Å². The van der Waals surface area contributed by atoms with Crippen LogP contribution in [0.25, 0.3) is 0 Å². The first-order chi connectivity index (χ1) is 11.5. The quantitative estimate of drug-likeness (QED) is 0.158. The zero-order valence-electron chi connectivity index (χ0n) is 14.1. The van der Waals surface area contributed by atoms with Gasteiger partial charge < -0.3 is 15.7 Å². The molecule has 0 saturated heterocycles. The maximum absolute atomic E-state index is 10.4. The molecule has 2 aromatic rings. The van der Waals surface area contributed by atoms with E-state index in [-0.39, 0.29) is 35.0 Å². The topological polar surface area (TPSA) is 165 Å². The molecule has 0 amide bonds. The van der Waals surface area contributed by atoms with Crippen molar-refractivity contribution < 1.29 is 54.8 Å². The molecular weight excluding hydrogens is 551 g/mol. The Hall–Kier alpha value is 0.510. The molecule has 2 atom stereocenters. The van der Waals surface area contributed by atoms with Crippen molar-refractivity contribution >= 4 is 99.0 Å². The zero-order valence-corrected chi connectivity index (χ0v) is 22.6. The first-order valence-electron chi connectivity index (χ1n) is 6.12. The van der Waals surface area contributed by atoms with Crippen LogP contribution in [0.15, 0.2) is 4.34 Å². The third kappa shape index (κ3) is 17.1. The predicted octanol–water partition coefficient (Wildman–Crippen LogP) is 1.31. The van der Waals surface area contributed by atoms with E-state index < -0.39 is 22.0 Å². The fourth-order valence-electron chi connectivity index (χ4n) is 0.706. The van der Waals surface area contributed by atoms with E-state index in [0.717, 1.165) is 0 Å². The van der Waals surface area contributed by atoms with Crippen molar-refractivity contribution in [3.05, 3.63) is 11.9 Å². The number of nitrogens with zero attached hydrogens (tertiary/aromatic N) is 1. The Morgan fingerprint density at radius 1 is 1.07 bits per heavy atom. The van der Waals surface area contributed by atoms with Gasteiger partial charge in [-0.05, 0) is 50.5 Å². The Labute approximate surface area is 212 Å².